The van der Waals surface area contributed by atoms with E-state index in [0.717, 1.165) is 58.2 Å². The van der Waals surface area contributed by atoms with Gasteiger partial charge in [0.05, 0.1) is 10.5 Å². The zero-order chi connectivity index (χ0) is 27.8. The number of unbranched alkanes of at least 4 members (excludes halogenated alkanes) is 1. The molecule has 2 aromatic carbocycles. The molecule has 1 amide bonds. The molecule has 1 saturated heterocycles. The van der Waals surface area contributed by atoms with E-state index in [0.29, 0.717) is 24.0 Å². The molecule has 0 aliphatic carbocycles. The third-order valence-corrected chi connectivity index (χ3v) is 9.43. The first-order chi connectivity index (χ1) is 18.8. The lowest BCUT2D eigenvalue weighted by atomic mass is 10.1. The summed E-state index contributed by atoms with van der Waals surface area (Å²) in [6.45, 7) is 7.73. The summed E-state index contributed by atoms with van der Waals surface area (Å²) in [5.74, 6) is -0.379. The highest BCUT2D eigenvalue weighted by molar-refractivity contribution is 7.89. The fraction of sp³-hybridized carbons (Fsp3) is 0.467. The standard InChI is InChI=1S/C30H40N4O4S/c1-3-4-17-33(22-24-12-6-5-7-13-24)18-10-16-31-30(36)27-21-29(35)32-28-15-14-25(20-26(27)28)39(37,38)34-19-9-8-11-23(34)2/h5-7,12-15,20-21,23H,3-4,8-11,16-19,22H2,1-2H3,(H,31,36)(H,32,35). The fourth-order valence-electron chi connectivity index (χ4n) is 5.24. The predicted octanol–water partition coefficient (Wildman–Crippen LogP) is 4.51. The van der Waals surface area contributed by atoms with E-state index in [1.807, 2.05) is 25.1 Å². The van der Waals surface area contributed by atoms with Gasteiger partial charge in [0.15, 0.2) is 0 Å². The molecular weight excluding hydrogens is 512 g/mol. The second-order valence-corrected chi connectivity index (χ2v) is 12.3. The van der Waals surface area contributed by atoms with Crippen LogP contribution in [0.1, 0.15) is 68.3 Å². The van der Waals surface area contributed by atoms with Crippen molar-refractivity contribution in [1.29, 1.82) is 0 Å². The van der Waals surface area contributed by atoms with Crippen molar-refractivity contribution < 1.29 is 13.2 Å². The van der Waals surface area contributed by atoms with Gasteiger partial charge < -0.3 is 10.3 Å². The Morgan fingerprint density at radius 2 is 1.85 bits per heavy atom. The number of aromatic nitrogens is 1. The Balaban J connectivity index is 1.46. The molecule has 0 bridgehead atoms. The number of nitrogens with one attached hydrogen (secondary N) is 2. The molecule has 0 spiro atoms. The quantitative estimate of drug-likeness (QED) is 0.322. The summed E-state index contributed by atoms with van der Waals surface area (Å²) < 4.78 is 28.4. The van der Waals surface area contributed by atoms with Crippen LogP contribution in [0.15, 0.2) is 64.3 Å². The van der Waals surface area contributed by atoms with Gasteiger partial charge in [0.25, 0.3) is 5.91 Å². The fourth-order valence-corrected chi connectivity index (χ4v) is 6.96. The Kier molecular flexibility index (Phi) is 9.94. The van der Waals surface area contributed by atoms with E-state index in [4.69, 9.17) is 0 Å². The van der Waals surface area contributed by atoms with Crippen LogP contribution in [0.5, 0.6) is 0 Å². The Hall–Kier alpha value is -3.01. The van der Waals surface area contributed by atoms with Crippen LogP contribution in [-0.2, 0) is 16.6 Å². The number of sulfonamides is 1. The molecule has 1 fully saturated rings. The maximum Gasteiger partial charge on any atom is 0.252 e. The monoisotopic (exact) mass is 552 g/mol. The minimum Gasteiger partial charge on any atom is -0.352 e. The lowest BCUT2D eigenvalue weighted by Crippen LogP contribution is -2.41. The summed E-state index contributed by atoms with van der Waals surface area (Å²) in [6.07, 6.45) is 5.66. The summed E-state index contributed by atoms with van der Waals surface area (Å²) in [5, 5.41) is 3.37. The van der Waals surface area contributed by atoms with Gasteiger partial charge in [-0.2, -0.15) is 4.31 Å². The third-order valence-electron chi connectivity index (χ3n) is 7.42. The van der Waals surface area contributed by atoms with Gasteiger partial charge in [-0.25, -0.2) is 8.42 Å². The van der Waals surface area contributed by atoms with E-state index in [2.05, 4.69) is 34.3 Å². The average Bonchev–Trinajstić information content (AvgIpc) is 2.93. The average molecular weight is 553 g/mol. The van der Waals surface area contributed by atoms with Gasteiger partial charge in [0.1, 0.15) is 0 Å². The molecule has 1 aliphatic rings. The highest BCUT2D eigenvalue weighted by Crippen LogP contribution is 2.27. The predicted molar refractivity (Wildman–Crippen MR) is 155 cm³/mol. The maximum absolute atomic E-state index is 13.4. The number of benzene rings is 2. The zero-order valence-electron chi connectivity index (χ0n) is 23.0. The number of amides is 1. The molecule has 1 aromatic heterocycles. The van der Waals surface area contributed by atoms with Crippen molar-refractivity contribution in [3.05, 3.63) is 76.1 Å². The van der Waals surface area contributed by atoms with Crippen LogP contribution in [-0.4, -0.2) is 60.7 Å². The zero-order valence-corrected chi connectivity index (χ0v) is 23.8. The Labute approximate surface area is 231 Å². The molecular formula is C30H40N4O4S. The Morgan fingerprint density at radius 3 is 2.59 bits per heavy atom. The van der Waals surface area contributed by atoms with Crippen LogP contribution < -0.4 is 10.9 Å². The summed E-state index contributed by atoms with van der Waals surface area (Å²) in [5.41, 5.74) is 1.48. The Bertz CT molecular complexity index is 1420. The minimum atomic E-state index is -3.72. The number of carbonyl (C=O) groups excluding carboxylic acids is 1. The van der Waals surface area contributed by atoms with Gasteiger partial charge in [0, 0.05) is 49.2 Å². The van der Waals surface area contributed by atoms with Gasteiger partial charge in [0.2, 0.25) is 15.6 Å². The highest BCUT2D eigenvalue weighted by atomic mass is 32.2. The van der Waals surface area contributed by atoms with Gasteiger partial charge >= 0.3 is 0 Å². The van der Waals surface area contributed by atoms with E-state index in [9.17, 15) is 18.0 Å². The molecule has 0 radical (unpaired) electrons. The minimum absolute atomic E-state index is 0.0726. The number of pyridine rings is 1. The van der Waals surface area contributed by atoms with Crippen LogP contribution in [0.25, 0.3) is 10.9 Å². The van der Waals surface area contributed by atoms with E-state index in [1.54, 1.807) is 10.4 Å². The number of hydrogen-bond donors (Lipinski definition) is 2. The first-order valence-electron chi connectivity index (χ1n) is 14.0. The molecule has 2 N–H and O–H groups in total. The normalized spacial score (nSPS) is 16.5. The van der Waals surface area contributed by atoms with Crippen molar-refractivity contribution in [3.63, 3.8) is 0 Å². The molecule has 4 rings (SSSR count). The number of hydrogen-bond acceptors (Lipinski definition) is 5. The lowest BCUT2D eigenvalue weighted by Gasteiger charge is -2.32. The lowest BCUT2D eigenvalue weighted by molar-refractivity contribution is 0.0952. The van der Waals surface area contributed by atoms with E-state index < -0.39 is 15.6 Å². The third kappa shape index (κ3) is 7.35. The van der Waals surface area contributed by atoms with Crippen LogP contribution >= 0.6 is 0 Å². The van der Waals surface area contributed by atoms with Crippen LogP contribution in [0.2, 0.25) is 0 Å². The number of carbonyl (C=O) groups is 1. The molecule has 210 valence electrons. The number of aromatic amines is 1. The van der Waals surface area contributed by atoms with Crippen molar-refractivity contribution in [2.75, 3.05) is 26.2 Å². The first kappa shape index (κ1) is 29.0. The second-order valence-electron chi connectivity index (χ2n) is 10.4. The largest absolute Gasteiger partial charge is 0.352 e. The second kappa shape index (κ2) is 13.4. The van der Waals surface area contributed by atoms with Gasteiger partial charge in [-0.15, -0.1) is 0 Å². The summed E-state index contributed by atoms with van der Waals surface area (Å²) in [4.78, 5) is 30.8. The molecule has 9 heteroatoms. The smallest absolute Gasteiger partial charge is 0.252 e. The van der Waals surface area contributed by atoms with Crippen LogP contribution in [0.3, 0.4) is 0 Å². The molecule has 1 atom stereocenters. The molecule has 8 nitrogen and oxygen atoms in total. The van der Waals surface area contributed by atoms with Crippen molar-refractivity contribution in [3.8, 4) is 0 Å². The first-order valence-corrected chi connectivity index (χ1v) is 15.5. The summed E-state index contributed by atoms with van der Waals surface area (Å²) >= 11 is 0. The molecule has 0 saturated carbocycles. The van der Waals surface area contributed by atoms with Crippen LogP contribution in [0.4, 0.5) is 0 Å². The van der Waals surface area contributed by atoms with Gasteiger partial charge in [-0.3, -0.25) is 14.5 Å². The van der Waals surface area contributed by atoms with Crippen molar-refractivity contribution in [2.45, 2.75) is 69.9 Å². The molecule has 1 unspecified atom stereocenters. The maximum atomic E-state index is 13.4. The van der Waals surface area contributed by atoms with Crippen LogP contribution in [0, 0.1) is 0 Å². The van der Waals surface area contributed by atoms with Crippen molar-refractivity contribution in [2.24, 2.45) is 0 Å². The highest BCUT2D eigenvalue weighted by Gasteiger charge is 2.31. The van der Waals surface area contributed by atoms with E-state index in [1.165, 1.54) is 23.8 Å². The van der Waals surface area contributed by atoms with Crippen molar-refractivity contribution in [1.82, 2.24) is 19.5 Å². The topological polar surface area (TPSA) is 103 Å². The summed E-state index contributed by atoms with van der Waals surface area (Å²) in [6, 6.07) is 16.1. The van der Waals surface area contributed by atoms with Gasteiger partial charge in [-0.05, 0) is 62.9 Å². The van der Waals surface area contributed by atoms with E-state index >= 15 is 0 Å². The number of fused-ring (bicyclic) bond motifs is 1. The number of piperidine rings is 1. The number of H-pyrrole nitrogens is 1. The molecule has 1 aliphatic heterocycles. The van der Waals surface area contributed by atoms with Gasteiger partial charge in [-0.1, -0.05) is 50.1 Å². The number of rotatable bonds is 12. The van der Waals surface area contributed by atoms with E-state index in [-0.39, 0.29) is 22.4 Å². The SMILES string of the molecule is CCCCN(CCCNC(=O)c1cc(=O)[nH]c2ccc(S(=O)(=O)N3CCCCC3C)cc12)Cc1ccccc1. The van der Waals surface area contributed by atoms with Crippen molar-refractivity contribution >= 4 is 26.8 Å². The molecule has 3 aromatic rings. The Morgan fingerprint density at radius 1 is 1.08 bits per heavy atom. The molecule has 39 heavy (non-hydrogen) atoms. The summed E-state index contributed by atoms with van der Waals surface area (Å²) in [7, 11) is -3.72. The molecule has 2 heterocycles. The number of nitrogens with zero attached hydrogens (tertiary/aromatic N) is 2.